The van der Waals surface area contributed by atoms with E-state index < -0.39 is 0 Å². The average molecular weight is 332 g/mol. The minimum absolute atomic E-state index is 0.0442. The van der Waals surface area contributed by atoms with Crippen molar-refractivity contribution in [3.63, 3.8) is 0 Å². The molecule has 0 amide bonds. The summed E-state index contributed by atoms with van der Waals surface area (Å²) >= 11 is 1.87. The van der Waals surface area contributed by atoms with Crippen LogP contribution < -0.4 is 5.32 Å². The smallest absolute Gasteiger partial charge is 0.139 e. The third-order valence-electron chi connectivity index (χ3n) is 5.00. The molecular weight excluding hydrogens is 308 g/mol. The number of hydrogen-bond acceptors (Lipinski definition) is 5. The molecule has 23 heavy (non-hydrogen) atoms. The minimum atomic E-state index is 0.0442. The molecule has 0 unspecified atom stereocenters. The van der Waals surface area contributed by atoms with Gasteiger partial charge in [0.2, 0.25) is 0 Å². The summed E-state index contributed by atoms with van der Waals surface area (Å²) in [6.07, 6.45) is 12.2. The third kappa shape index (κ3) is 3.20. The van der Waals surface area contributed by atoms with Crippen LogP contribution in [0.3, 0.4) is 0 Å². The van der Waals surface area contributed by atoms with Crippen LogP contribution in [-0.4, -0.2) is 27.2 Å². The van der Waals surface area contributed by atoms with Crippen molar-refractivity contribution in [3.8, 4) is 0 Å². The van der Waals surface area contributed by atoms with Crippen molar-refractivity contribution >= 4 is 11.3 Å². The second-order valence-corrected chi connectivity index (χ2v) is 7.76. The van der Waals surface area contributed by atoms with Gasteiger partial charge in [-0.25, -0.2) is 9.97 Å². The second kappa shape index (κ2) is 6.71. The Balaban J connectivity index is 1.40. The predicted octanol–water partition coefficient (Wildman–Crippen LogP) is 3.15. The molecule has 3 heterocycles. The Labute approximate surface area is 141 Å². The van der Waals surface area contributed by atoms with Crippen molar-refractivity contribution in [2.45, 2.75) is 56.7 Å². The third-order valence-corrected chi connectivity index (χ3v) is 6.16. The molecule has 1 saturated carbocycles. The van der Waals surface area contributed by atoms with Crippen LogP contribution in [0, 0.1) is 0 Å². The van der Waals surface area contributed by atoms with Crippen LogP contribution in [0.25, 0.3) is 0 Å². The van der Waals surface area contributed by atoms with Crippen LogP contribution in [-0.2, 0) is 18.3 Å². The summed E-state index contributed by atoms with van der Waals surface area (Å²) in [5.74, 6) is 1.74. The van der Waals surface area contributed by atoms with Gasteiger partial charge in [0.05, 0.1) is 5.01 Å². The van der Waals surface area contributed by atoms with Gasteiger partial charge in [-0.15, -0.1) is 11.3 Å². The molecule has 1 N–H and O–H groups in total. The normalized spacial score (nSPS) is 25.4. The highest BCUT2D eigenvalue weighted by atomic mass is 32.1. The molecule has 4 rings (SSSR count). The van der Waals surface area contributed by atoms with Gasteiger partial charge in [-0.3, -0.25) is 0 Å². The van der Waals surface area contributed by atoms with Gasteiger partial charge in [-0.05, 0) is 25.7 Å². The molecule has 1 aliphatic carbocycles. The fourth-order valence-electron chi connectivity index (χ4n) is 3.38. The first-order chi connectivity index (χ1) is 11.3. The Kier molecular flexibility index (Phi) is 4.46. The summed E-state index contributed by atoms with van der Waals surface area (Å²) in [7, 11) is 2.03. The van der Waals surface area contributed by atoms with Gasteiger partial charge in [0, 0.05) is 55.6 Å². The molecule has 0 bridgehead atoms. The van der Waals surface area contributed by atoms with E-state index in [0.29, 0.717) is 6.04 Å². The lowest BCUT2D eigenvalue weighted by Crippen LogP contribution is -2.40. The van der Waals surface area contributed by atoms with E-state index in [0.717, 1.165) is 37.7 Å². The number of aromatic nitrogens is 3. The molecule has 1 saturated heterocycles. The standard InChI is InChI=1S/C17H24N4OS/c1-21-8-7-18-16(21)15-14(6-3-9-22-15)19-10-13-11-20-17(23-13)12-4-2-5-12/h7-8,11-12,14-15,19H,2-6,9-10H2,1H3/t14-,15-/m0/s1. The van der Waals surface area contributed by atoms with E-state index in [1.165, 1.54) is 29.1 Å². The molecule has 1 aliphatic heterocycles. The van der Waals surface area contributed by atoms with Gasteiger partial charge in [0.25, 0.3) is 0 Å². The number of thiazole rings is 1. The zero-order valence-electron chi connectivity index (χ0n) is 13.6. The molecule has 124 valence electrons. The molecule has 2 atom stereocenters. The van der Waals surface area contributed by atoms with E-state index in [9.17, 15) is 0 Å². The van der Waals surface area contributed by atoms with Gasteiger partial charge in [-0.1, -0.05) is 6.42 Å². The summed E-state index contributed by atoms with van der Waals surface area (Å²) in [5, 5.41) is 5.01. The Hall–Kier alpha value is -1.24. The summed E-state index contributed by atoms with van der Waals surface area (Å²) in [4.78, 5) is 10.4. The first kappa shape index (κ1) is 15.3. The SMILES string of the molecule is Cn1ccnc1[C@H]1OCCC[C@@H]1NCc1cnc(C2CCC2)s1. The maximum absolute atomic E-state index is 6.02. The maximum Gasteiger partial charge on any atom is 0.139 e. The van der Waals surface area contributed by atoms with E-state index >= 15 is 0 Å². The van der Waals surface area contributed by atoms with Crippen LogP contribution in [0.5, 0.6) is 0 Å². The number of aryl methyl sites for hydroxylation is 1. The highest BCUT2D eigenvalue weighted by Gasteiger charge is 2.30. The first-order valence-electron chi connectivity index (χ1n) is 8.58. The predicted molar refractivity (Wildman–Crippen MR) is 90.5 cm³/mol. The lowest BCUT2D eigenvalue weighted by Gasteiger charge is -2.32. The molecule has 2 aromatic rings. The number of nitrogens with one attached hydrogen (secondary N) is 1. The fourth-order valence-corrected chi connectivity index (χ4v) is 4.41. The number of rotatable bonds is 5. The number of hydrogen-bond donors (Lipinski definition) is 1. The number of nitrogens with zero attached hydrogens (tertiary/aromatic N) is 3. The van der Waals surface area contributed by atoms with Gasteiger partial charge >= 0.3 is 0 Å². The first-order valence-corrected chi connectivity index (χ1v) is 9.39. The zero-order chi connectivity index (χ0) is 15.6. The van der Waals surface area contributed by atoms with Crippen LogP contribution in [0.15, 0.2) is 18.6 Å². The summed E-state index contributed by atoms with van der Waals surface area (Å²) < 4.78 is 8.08. The van der Waals surface area contributed by atoms with Crippen LogP contribution >= 0.6 is 11.3 Å². The summed E-state index contributed by atoms with van der Waals surface area (Å²) in [6.45, 7) is 1.70. The van der Waals surface area contributed by atoms with E-state index in [4.69, 9.17) is 4.74 Å². The second-order valence-electron chi connectivity index (χ2n) is 6.61. The molecule has 0 radical (unpaired) electrons. The van der Waals surface area contributed by atoms with Crippen molar-refractivity contribution in [2.24, 2.45) is 7.05 Å². The van der Waals surface area contributed by atoms with E-state index in [2.05, 4.69) is 19.9 Å². The Bertz CT molecular complexity index is 649. The maximum atomic E-state index is 6.02. The molecule has 0 aromatic carbocycles. The van der Waals surface area contributed by atoms with Crippen molar-refractivity contribution in [3.05, 3.63) is 34.3 Å². The minimum Gasteiger partial charge on any atom is -0.369 e. The Morgan fingerprint density at radius 3 is 2.96 bits per heavy atom. The topological polar surface area (TPSA) is 52.0 Å². The molecule has 5 nitrogen and oxygen atoms in total. The number of ether oxygens (including phenoxy) is 1. The summed E-state index contributed by atoms with van der Waals surface area (Å²) in [5.41, 5.74) is 0. The molecule has 2 fully saturated rings. The molecule has 0 spiro atoms. The quantitative estimate of drug-likeness (QED) is 0.914. The van der Waals surface area contributed by atoms with Crippen molar-refractivity contribution < 1.29 is 4.74 Å². The highest BCUT2D eigenvalue weighted by Crippen LogP contribution is 2.38. The van der Waals surface area contributed by atoms with E-state index in [-0.39, 0.29) is 6.10 Å². The Morgan fingerprint density at radius 2 is 2.22 bits per heavy atom. The van der Waals surface area contributed by atoms with Crippen molar-refractivity contribution in [2.75, 3.05) is 6.61 Å². The lowest BCUT2D eigenvalue weighted by atomic mass is 9.86. The number of imidazole rings is 1. The van der Waals surface area contributed by atoms with Gasteiger partial charge in [0.1, 0.15) is 11.9 Å². The van der Waals surface area contributed by atoms with E-state index in [1.807, 2.05) is 37.0 Å². The molecular formula is C17H24N4OS. The van der Waals surface area contributed by atoms with Gasteiger partial charge in [0.15, 0.2) is 0 Å². The average Bonchev–Trinajstić information content (AvgIpc) is 3.13. The van der Waals surface area contributed by atoms with Crippen molar-refractivity contribution in [1.82, 2.24) is 19.9 Å². The largest absolute Gasteiger partial charge is 0.369 e. The highest BCUT2D eigenvalue weighted by molar-refractivity contribution is 7.11. The fraction of sp³-hybridized carbons (Fsp3) is 0.647. The van der Waals surface area contributed by atoms with Crippen LogP contribution in [0.2, 0.25) is 0 Å². The Morgan fingerprint density at radius 1 is 1.30 bits per heavy atom. The monoisotopic (exact) mass is 332 g/mol. The molecule has 2 aromatic heterocycles. The lowest BCUT2D eigenvalue weighted by molar-refractivity contribution is -0.0177. The van der Waals surface area contributed by atoms with Crippen molar-refractivity contribution in [1.29, 1.82) is 0 Å². The van der Waals surface area contributed by atoms with Crippen LogP contribution in [0.4, 0.5) is 0 Å². The molecule has 2 aliphatic rings. The zero-order valence-corrected chi connectivity index (χ0v) is 14.4. The molecule has 6 heteroatoms. The van der Waals surface area contributed by atoms with Gasteiger partial charge < -0.3 is 14.6 Å². The summed E-state index contributed by atoms with van der Waals surface area (Å²) in [6, 6.07) is 0.319. The van der Waals surface area contributed by atoms with Gasteiger partial charge in [-0.2, -0.15) is 0 Å². The van der Waals surface area contributed by atoms with Crippen LogP contribution in [0.1, 0.15) is 59.8 Å². The van der Waals surface area contributed by atoms with E-state index in [1.54, 1.807) is 0 Å².